The lowest BCUT2D eigenvalue weighted by atomic mass is 10.0. The van der Waals surface area contributed by atoms with Gasteiger partial charge in [-0.25, -0.2) is 4.39 Å². The van der Waals surface area contributed by atoms with Crippen molar-refractivity contribution in [2.75, 3.05) is 0 Å². The van der Waals surface area contributed by atoms with E-state index >= 15 is 0 Å². The maximum atomic E-state index is 13.2. The third kappa shape index (κ3) is 3.72. The van der Waals surface area contributed by atoms with Crippen molar-refractivity contribution in [3.05, 3.63) is 75.2 Å². The van der Waals surface area contributed by atoms with Gasteiger partial charge in [0.25, 0.3) is 0 Å². The highest BCUT2D eigenvalue weighted by Gasteiger charge is 2.19. The Labute approximate surface area is 176 Å². The Balaban J connectivity index is 1.63. The minimum Gasteiger partial charge on any atom is -0.305 e. The van der Waals surface area contributed by atoms with Crippen LogP contribution in [0.2, 0.25) is 5.02 Å². The standard InChI is InChI=1S/C21H17ClFN3S2/c1-13-19(14-6-4-3-5-7-14)17(12-27-13)20-24-25-21(26(20)2)28-11-15-8-9-16(23)10-18(15)22/h3-10,12H,11H2,1-2H3. The normalized spacial score (nSPS) is 11.1. The van der Waals surface area contributed by atoms with Crippen molar-refractivity contribution in [1.82, 2.24) is 14.8 Å². The van der Waals surface area contributed by atoms with Crippen LogP contribution >= 0.6 is 34.7 Å². The van der Waals surface area contributed by atoms with Gasteiger partial charge < -0.3 is 4.57 Å². The van der Waals surface area contributed by atoms with E-state index in [1.54, 1.807) is 17.4 Å². The number of hydrogen-bond acceptors (Lipinski definition) is 4. The van der Waals surface area contributed by atoms with Crippen LogP contribution in [-0.2, 0) is 12.8 Å². The second kappa shape index (κ2) is 8.07. The number of thiophene rings is 1. The van der Waals surface area contributed by atoms with Crippen molar-refractivity contribution < 1.29 is 4.39 Å². The third-order valence-electron chi connectivity index (χ3n) is 4.49. The molecule has 4 rings (SSSR count). The van der Waals surface area contributed by atoms with E-state index in [-0.39, 0.29) is 5.82 Å². The lowest BCUT2D eigenvalue weighted by molar-refractivity contribution is 0.627. The van der Waals surface area contributed by atoms with Crippen LogP contribution in [0.25, 0.3) is 22.5 Å². The molecule has 0 radical (unpaired) electrons. The van der Waals surface area contributed by atoms with Crippen LogP contribution < -0.4 is 0 Å². The smallest absolute Gasteiger partial charge is 0.191 e. The number of thioether (sulfide) groups is 1. The number of aryl methyl sites for hydroxylation is 1. The molecule has 0 N–H and O–H groups in total. The molecule has 7 heteroatoms. The highest BCUT2D eigenvalue weighted by atomic mass is 35.5. The van der Waals surface area contributed by atoms with E-state index in [9.17, 15) is 4.39 Å². The summed E-state index contributed by atoms with van der Waals surface area (Å²) < 4.78 is 15.2. The van der Waals surface area contributed by atoms with E-state index in [0.717, 1.165) is 22.1 Å². The number of aromatic nitrogens is 3. The molecule has 142 valence electrons. The quantitative estimate of drug-likeness (QED) is 0.334. The van der Waals surface area contributed by atoms with Gasteiger partial charge in [0.2, 0.25) is 0 Å². The molecular weight excluding hydrogens is 413 g/mol. The van der Waals surface area contributed by atoms with Crippen LogP contribution in [0.15, 0.2) is 59.1 Å². The molecule has 0 aliphatic rings. The Hall–Kier alpha value is -2.15. The number of hydrogen-bond donors (Lipinski definition) is 0. The van der Waals surface area contributed by atoms with Gasteiger partial charge >= 0.3 is 0 Å². The molecule has 0 saturated heterocycles. The molecule has 0 saturated carbocycles. The molecule has 0 bridgehead atoms. The summed E-state index contributed by atoms with van der Waals surface area (Å²) in [6.07, 6.45) is 0. The van der Waals surface area contributed by atoms with Crippen molar-refractivity contribution in [3.8, 4) is 22.5 Å². The molecule has 28 heavy (non-hydrogen) atoms. The minimum absolute atomic E-state index is 0.332. The van der Waals surface area contributed by atoms with E-state index in [4.69, 9.17) is 11.6 Å². The van der Waals surface area contributed by atoms with Crippen molar-refractivity contribution in [1.29, 1.82) is 0 Å². The first-order valence-electron chi connectivity index (χ1n) is 8.64. The zero-order valence-electron chi connectivity index (χ0n) is 15.3. The summed E-state index contributed by atoms with van der Waals surface area (Å²) in [6.45, 7) is 2.12. The maximum Gasteiger partial charge on any atom is 0.191 e. The summed E-state index contributed by atoms with van der Waals surface area (Å²) in [5, 5.41) is 12.1. The Morgan fingerprint density at radius 2 is 1.93 bits per heavy atom. The van der Waals surface area contributed by atoms with Gasteiger partial charge in [-0.1, -0.05) is 59.8 Å². The number of benzene rings is 2. The second-order valence-electron chi connectivity index (χ2n) is 6.34. The van der Waals surface area contributed by atoms with Gasteiger partial charge in [-0.3, -0.25) is 0 Å². The third-order valence-corrected chi connectivity index (χ3v) is 6.82. The fraction of sp³-hybridized carbons (Fsp3) is 0.143. The Bertz CT molecular complexity index is 1120. The van der Waals surface area contributed by atoms with Crippen molar-refractivity contribution in [3.63, 3.8) is 0 Å². The highest BCUT2D eigenvalue weighted by molar-refractivity contribution is 7.98. The molecule has 2 heterocycles. The molecule has 0 spiro atoms. The first-order valence-corrected chi connectivity index (χ1v) is 10.9. The van der Waals surface area contributed by atoms with Crippen molar-refractivity contribution in [2.45, 2.75) is 17.8 Å². The Morgan fingerprint density at radius 3 is 2.68 bits per heavy atom. The Morgan fingerprint density at radius 1 is 1.14 bits per heavy atom. The van der Waals surface area contributed by atoms with Crippen LogP contribution in [-0.4, -0.2) is 14.8 Å². The van der Waals surface area contributed by atoms with Crippen molar-refractivity contribution in [2.24, 2.45) is 7.05 Å². The molecule has 0 fully saturated rings. The lowest BCUT2D eigenvalue weighted by Gasteiger charge is -2.07. The monoisotopic (exact) mass is 429 g/mol. The van der Waals surface area contributed by atoms with E-state index in [1.807, 2.05) is 29.8 Å². The second-order valence-corrected chi connectivity index (χ2v) is 8.77. The lowest BCUT2D eigenvalue weighted by Crippen LogP contribution is -1.96. The molecule has 2 aromatic heterocycles. The molecule has 0 atom stereocenters. The van der Waals surface area contributed by atoms with Gasteiger partial charge in [-0.05, 0) is 30.2 Å². The molecule has 2 aromatic carbocycles. The van der Waals surface area contributed by atoms with E-state index < -0.39 is 0 Å². The fourth-order valence-corrected chi connectivity index (χ4v) is 5.13. The summed E-state index contributed by atoms with van der Waals surface area (Å²) in [4.78, 5) is 1.25. The molecule has 0 amide bonds. The topological polar surface area (TPSA) is 30.7 Å². The maximum absolute atomic E-state index is 13.2. The molecule has 4 aromatic rings. The van der Waals surface area contributed by atoms with Crippen LogP contribution in [0.5, 0.6) is 0 Å². The Kier molecular flexibility index (Phi) is 5.53. The molecular formula is C21H17ClFN3S2. The fourth-order valence-electron chi connectivity index (χ4n) is 3.04. The van der Waals surface area contributed by atoms with Crippen LogP contribution in [0, 0.1) is 12.7 Å². The first-order chi connectivity index (χ1) is 13.5. The van der Waals surface area contributed by atoms with Crippen LogP contribution in [0.1, 0.15) is 10.4 Å². The van der Waals surface area contributed by atoms with Gasteiger partial charge in [0.1, 0.15) is 5.82 Å². The van der Waals surface area contributed by atoms with E-state index in [2.05, 4.69) is 34.6 Å². The van der Waals surface area contributed by atoms with Gasteiger partial charge in [-0.15, -0.1) is 21.5 Å². The molecule has 3 nitrogen and oxygen atoms in total. The average Bonchev–Trinajstić information content (AvgIpc) is 3.24. The van der Waals surface area contributed by atoms with Gasteiger partial charge in [-0.2, -0.15) is 0 Å². The number of halogens is 2. The predicted molar refractivity (Wildman–Crippen MR) is 115 cm³/mol. The minimum atomic E-state index is -0.332. The van der Waals surface area contributed by atoms with Gasteiger partial charge in [0.05, 0.1) is 0 Å². The average molecular weight is 430 g/mol. The molecule has 0 unspecified atom stereocenters. The largest absolute Gasteiger partial charge is 0.305 e. The summed E-state index contributed by atoms with van der Waals surface area (Å²) in [5.74, 6) is 1.09. The van der Waals surface area contributed by atoms with Gasteiger partial charge in [0, 0.05) is 39.2 Å². The zero-order chi connectivity index (χ0) is 19.7. The summed E-state index contributed by atoms with van der Waals surface area (Å²) >= 11 is 9.37. The number of rotatable bonds is 5. The number of nitrogens with zero attached hydrogens (tertiary/aromatic N) is 3. The van der Waals surface area contributed by atoms with Crippen LogP contribution in [0.4, 0.5) is 4.39 Å². The molecule has 0 aliphatic heterocycles. The SMILES string of the molecule is Cc1scc(-c2nnc(SCc3ccc(F)cc3Cl)n2C)c1-c1ccccc1. The zero-order valence-corrected chi connectivity index (χ0v) is 17.7. The van der Waals surface area contributed by atoms with Crippen molar-refractivity contribution >= 4 is 34.7 Å². The van der Waals surface area contributed by atoms with Crippen LogP contribution in [0.3, 0.4) is 0 Å². The summed E-state index contributed by atoms with van der Waals surface area (Å²) in [6, 6.07) is 14.8. The summed E-state index contributed by atoms with van der Waals surface area (Å²) in [7, 11) is 1.96. The molecule has 0 aliphatic carbocycles. The summed E-state index contributed by atoms with van der Waals surface area (Å²) in [5.41, 5.74) is 4.31. The van der Waals surface area contributed by atoms with Gasteiger partial charge in [0.15, 0.2) is 11.0 Å². The van der Waals surface area contributed by atoms with E-state index in [0.29, 0.717) is 10.8 Å². The predicted octanol–water partition coefficient (Wildman–Crippen LogP) is 6.60. The first kappa shape index (κ1) is 19.2. The highest BCUT2D eigenvalue weighted by Crippen LogP contribution is 2.39. The van der Waals surface area contributed by atoms with E-state index in [1.165, 1.54) is 39.9 Å².